The Kier molecular flexibility index (Phi) is 8.26. The molecule has 0 aromatic heterocycles. The number of hydrogen-bond donors (Lipinski definition) is 2. The van der Waals surface area contributed by atoms with Crippen LogP contribution in [0.4, 0.5) is 0 Å². The molecule has 1 amide bonds. The molecule has 0 spiro atoms. The molecule has 20 heavy (non-hydrogen) atoms. The van der Waals surface area contributed by atoms with E-state index in [1.807, 2.05) is 0 Å². The van der Waals surface area contributed by atoms with E-state index < -0.39 is 0 Å². The number of esters is 1. The summed E-state index contributed by atoms with van der Waals surface area (Å²) >= 11 is 0. The normalized spacial score (nSPS) is 17.5. The van der Waals surface area contributed by atoms with Gasteiger partial charge in [0.25, 0.3) is 0 Å². The van der Waals surface area contributed by atoms with Crippen molar-refractivity contribution in [1.29, 1.82) is 0 Å². The van der Waals surface area contributed by atoms with Gasteiger partial charge < -0.3 is 15.4 Å². The van der Waals surface area contributed by atoms with Gasteiger partial charge in [-0.05, 0) is 51.1 Å². The Hall–Kier alpha value is -1.10. The maximum atomic E-state index is 11.8. The summed E-state index contributed by atoms with van der Waals surface area (Å²) in [6, 6.07) is 0. The molecule has 5 nitrogen and oxygen atoms in total. The van der Waals surface area contributed by atoms with E-state index in [0.29, 0.717) is 44.2 Å². The van der Waals surface area contributed by atoms with Crippen LogP contribution in [-0.4, -0.2) is 38.1 Å². The summed E-state index contributed by atoms with van der Waals surface area (Å²) < 4.78 is 4.84. The highest BCUT2D eigenvalue weighted by Crippen LogP contribution is 2.23. The number of carbonyl (C=O) groups excluding carboxylic acids is 2. The minimum absolute atomic E-state index is 0.0971. The lowest BCUT2D eigenvalue weighted by atomic mass is 9.84. The Morgan fingerprint density at radius 3 is 2.70 bits per heavy atom. The van der Waals surface area contributed by atoms with E-state index >= 15 is 0 Å². The average molecular weight is 284 g/mol. The Morgan fingerprint density at radius 1 is 1.35 bits per heavy atom. The highest BCUT2D eigenvalue weighted by Gasteiger charge is 2.21. The van der Waals surface area contributed by atoms with Gasteiger partial charge in [-0.3, -0.25) is 9.59 Å². The Bertz CT molecular complexity index is 301. The SMILES string of the molecule is CCOC(=O)CCCNC(=O)CC(C)C1CCNCC1. The Balaban J connectivity index is 2.08. The first kappa shape index (κ1) is 17.0. The topological polar surface area (TPSA) is 67.4 Å². The molecule has 2 N–H and O–H groups in total. The molecule has 0 saturated carbocycles. The zero-order chi connectivity index (χ0) is 14.8. The van der Waals surface area contributed by atoms with E-state index in [0.717, 1.165) is 25.9 Å². The zero-order valence-corrected chi connectivity index (χ0v) is 12.7. The Labute approximate surface area is 121 Å². The van der Waals surface area contributed by atoms with Gasteiger partial charge in [-0.15, -0.1) is 0 Å². The van der Waals surface area contributed by atoms with Gasteiger partial charge in [-0.2, -0.15) is 0 Å². The summed E-state index contributed by atoms with van der Waals surface area (Å²) in [6.07, 6.45) is 3.93. The summed E-state index contributed by atoms with van der Waals surface area (Å²) in [7, 11) is 0. The minimum atomic E-state index is -0.190. The van der Waals surface area contributed by atoms with Crippen molar-refractivity contribution < 1.29 is 14.3 Å². The van der Waals surface area contributed by atoms with Gasteiger partial charge in [0.05, 0.1) is 6.61 Å². The average Bonchev–Trinajstić information content (AvgIpc) is 2.45. The monoisotopic (exact) mass is 284 g/mol. The largest absolute Gasteiger partial charge is 0.466 e. The predicted octanol–water partition coefficient (Wildman–Crippen LogP) is 1.47. The fourth-order valence-corrected chi connectivity index (χ4v) is 2.64. The van der Waals surface area contributed by atoms with Crippen LogP contribution >= 0.6 is 0 Å². The molecule has 5 heteroatoms. The quantitative estimate of drug-likeness (QED) is 0.523. The van der Waals surface area contributed by atoms with E-state index in [2.05, 4.69) is 17.6 Å². The highest BCUT2D eigenvalue weighted by atomic mass is 16.5. The molecule has 1 fully saturated rings. The van der Waals surface area contributed by atoms with Gasteiger partial charge in [0.1, 0.15) is 0 Å². The summed E-state index contributed by atoms with van der Waals surface area (Å²) in [5.41, 5.74) is 0. The first-order chi connectivity index (χ1) is 9.63. The van der Waals surface area contributed by atoms with Crippen LogP contribution in [0.1, 0.15) is 46.0 Å². The van der Waals surface area contributed by atoms with Gasteiger partial charge in [-0.1, -0.05) is 6.92 Å². The second-order valence-electron chi connectivity index (χ2n) is 5.53. The molecule has 1 atom stereocenters. The van der Waals surface area contributed by atoms with E-state index in [1.165, 1.54) is 0 Å². The molecule has 0 radical (unpaired) electrons. The van der Waals surface area contributed by atoms with Crippen LogP contribution in [0.3, 0.4) is 0 Å². The van der Waals surface area contributed by atoms with Crippen molar-refractivity contribution in [2.24, 2.45) is 11.8 Å². The molecule has 1 aliphatic heterocycles. The molecule has 116 valence electrons. The molecule has 1 heterocycles. The lowest BCUT2D eigenvalue weighted by molar-refractivity contribution is -0.143. The second kappa shape index (κ2) is 9.75. The number of amides is 1. The molecule has 0 aliphatic carbocycles. The third-order valence-corrected chi connectivity index (χ3v) is 3.88. The van der Waals surface area contributed by atoms with Crippen LogP contribution in [0.5, 0.6) is 0 Å². The van der Waals surface area contributed by atoms with Crippen molar-refractivity contribution in [2.75, 3.05) is 26.2 Å². The third kappa shape index (κ3) is 6.89. The van der Waals surface area contributed by atoms with E-state index in [1.54, 1.807) is 6.92 Å². The molecule has 0 aromatic rings. The van der Waals surface area contributed by atoms with Crippen LogP contribution in [0.15, 0.2) is 0 Å². The van der Waals surface area contributed by atoms with Crippen LogP contribution in [0, 0.1) is 11.8 Å². The molecule has 1 saturated heterocycles. The van der Waals surface area contributed by atoms with Crippen LogP contribution in [0.25, 0.3) is 0 Å². The third-order valence-electron chi connectivity index (χ3n) is 3.88. The van der Waals surface area contributed by atoms with E-state index in [-0.39, 0.29) is 11.9 Å². The lowest BCUT2D eigenvalue weighted by Gasteiger charge is -2.27. The van der Waals surface area contributed by atoms with Crippen molar-refractivity contribution in [3.63, 3.8) is 0 Å². The van der Waals surface area contributed by atoms with Crippen molar-refractivity contribution in [3.05, 3.63) is 0 Å². The van der Waals surface area contributed by atoms with Gasteiger partial charge in [0.2, 0.25) is 5.91 Å². The van der Waals surface area contributed by atoms with Crippen molar-refractivity contribution in [1.82, 2.24) is 10.6 Å². The Morgan fingerprint density at radius 2 is 2.05 bits per heavy atom. The van der Waals surface area contributed by atoms with Crippen molar-refractivity contribution >= 4 is 11.9 Å². The molecule has 0 bridgehead atoms. The molecular formula is C15H28N2O3. The fourth-order valence-electron chi connectivity index (χ4n) is 2.64. The van der Waals surface area contributed by atoms with Gasteiger partial charge >= 0.3 is 5.97 Å². The van der Waals surface area contributed by atoms with E-state index in [4.69, 9.17) is 4.74 Å². The standard InChI is InChI=1S/C15H28N2O3/c1-3-20-15(19)5-4-8-17-14(18)11-12(2)13-6-9-16-10-7-13/h12-13,16H,3-11H2,1-2H3,(H,17,18). The number of hydrogen-bond acceptors (Lipinski definition) is 4. The number of rotatable bonds is 8. The maximum absolute atomic E-state index is 11.8. The van der Waals surface area contributed by atoms with Gasteiger partial charge in [0.15, 0.2) is 0 Å². The van der Waals surface area contributed by atoms with E-state index in [9.17, 15) is 9.59 Å². The molecule has 1 unspecified atom stereocenters. The smallest absolute Gasteiger partial charge is 0.305 e. The molecular weight excluding hydrogens is 256 g/mol. The van der Waals surface area contributed by atoms with Crippen LogP contribution in [-0.2, 0) is 14.3 Å². The zero-order valence-electron chi connectivity index (χ0n) is 12.7. The lowest BCUT2D eigenvalue weighted by Crippen LogP contribution is -2.33. The van der Waals surface area contributed by atoms with Gasteiger partial charge in [-0.25, -0.2) is 0 Å². The summed E-state index contributed by atoms with van der Waals surface area (Å²) in [4.78, 5) is 23.0. The first-order valence-electron chi connectivity index (χ1n) is 7.76. The maximum Gasteiger partial charge on any atom is 0.305 e. The number of piperidine rings is 1. The van der Waals surface area contributed by atoms with Gasteiger partial charge in [0, 0.05) is 19.4 Å². The molecule has 1 rings (SSSR count). The number of ether oxygens (including phenoxy) is 1. The molecule has 0 aromatic carbocycles. The van der Waals surface area contributed by atoms with Crippen LogP contribution < -0.4 is 10.6 Å². The predicted molar refractivity (Wildman–Crippen MR) is 78.3 cm³/mol. The number of nitrogens with one attached hydrogen (secondary N) is 2. The summed E-state index contributed by atoms with van der Waals surface area (Å²) in [6.45, 7) is 7.05. The van der Waals surface area contributed by atoms with Crippen molar-refractivity contribution in [2.45, 2.75) is 46.0 Å². The van der Waals surface area contributed by atoms with Crippen molar-refractivity contribution in [3.8, 4) is 0 Å². The summed E-state index contributed by atoms with van der Waals surface area (Å²) in [5.74, 6) is 0.994. The number of carbonyl (C=O) groups is 2. The minimum Gasteiger partial charge on any atom is -0.466 e. The summed E-state index contributed by atoms with van der Waals surface area (Å²) in [5, 5.41) is 6.23. The first-order valence-corrected chi connectivity index (χ1v) is 7.76. The fraction of sp³-hybridized carbons (Fsp3) is 0.867. The van der Waals surface area contributed by atoms with Crippen LogP contribution in [0.2, 0.25) is 0 Å². The molecule has 1 aliphatic rings. The second-order valence-corrected chi connectivity index (χ2v) is 5.53. The highest BCUT2D eigenvalue weighted by molar-refractivity contribution is 5.76.